The van der Waals surface area contributed by atoms with E-state index in [-0.39, 0.29) is 24.0 Å². The Kier molecular flexibility index (Phi) is 8.02. The summed E-state index contributed by atoms with van der Waals surface area (Å²) in [7, 11) is 0. The average molecular weight is 500 g/mol. The van der Waals surface area contributed by atoms with Crippen molar-refractivity contribution in [2.75, 3.05) is 44.4 Å². The van der Waals surface area contributed by atoms with Crippen LogP contribution >= 0.6 is 0 Å². The molecule has 1 aromatic rings. The number of nitrogens with zero attached hydrogens (tertiary/aromatic N) is 2. The fraction of sp³-hybridized carbons (Fsp3) is 0.783. The summed E-state index contributed by atoms with van der Waals surface area (Å²) < 4.78 is 13.8. The predicted octanol–water partition coefficient (Wildman–Crippen LogP) is 0.783. The van der Waals surface area contributed by atoms with Gasteiger partial charge in [-0.25, -0.2) is 0 Å². The van der Waals surface area contributed by atoms with E-state index < -0.39 is 0 Å². The summed E-state index contributed by atoms with van der Waals surface area (Å²) in [4.78, 5) is 2.40. The van der Waals surface area contributed by atoms with Crippen LogP contribution < -0.4 is 33.4 Å². The van der Waals surface area contributed by atoms with E-state index in [0.717, 1.165) is 57.3 Å². The Bertz CT molecular complexity index is 562. The molecule has 1 aromatic heterocycles. The molecule has 0 radical (unpaired) electrons. The first-order chi connectivity index (χ1) is 13.2. The van der Waals surface area contributed by atoms with Gasteiger partial charge in [0.1, 0.15) is 0 Å². The second kappa shape index (κ2) is 10.1. The molecule has 0 unspecified atom stereocenters. The molecular weight excluding hydrogens is 463 g/mol. The van der Waals surface area contributed by atoms with Crippen LogP contribution in [0.3, 0.4) is 0 Å². The second-order valence-electron chi connectivity index (χ2n) is 8.99. The van der Waals surface area contributed by atoms with Crippen molar-refractivity contribution in [1.29, 1.82) is 0 Å². The van der Waals surface area contributed by atoms with E-state index in [1.807, 2.05) is 0 Å². The lowest BCUT2D eigenvalue weighted by Gasteiger charge is -2.53. The molecule has 5 rings (SSSR count). The molecule has 4 bridgehead atoms. The molecular formula is C23H37IN2O2. The standard InChI is InChI=1S/C23H37N2O2.HI/c1-3-26-11-9-24(10-12-27-4-2)22-5-7-25(8-6-22)23-16-19-13-20(17-23)15-21(14-19)18-23;/h5-8,19-21H,3-4,9-18H2,1-2H3;1H/q+1;/p-1. The molecule has 158 valence electrons. The fourth-order valence-corrected chi connectivity index (χ4v) is 6.33. The van der Waals surface area contributed by atoms with Crippen molar-refractivity contribution in [3.8, 4) is 0 Å². The number of pyridine rings is 1. The molecule has 4 aliphatic rings. The van der Waals surface area contributed by atoms with E-state index >= 15 is 0 Å². The maximum atomic E-state index is 5.59. The number of ether oxygens (including phenoxy) is 2. The van der Waals surface area contributed by atoms with E-state index in [9.17, 15) is 0 Å². The van der Waals surface area contributed by atoms with E-state index in [0.29, 0.717) is 5.54 Å². The number of anilines is 1. The van der Waals surface area contributed by atoms with Gasteiger partial charge in [-0.05, 0) is 50.9 Å². The van der Waals surface area contributed by atoms with Gasteiger partial charge in [0.2, 0.25) is 0 Å². The van der Waals surface area contributed by atoms with Gasteiger partial charge in [-0.1, -0.05) is 0 Å². The van der Waals surface area contributed by atoms with Gasteiger partial charge in [0.25, 0.3) is 0 Å². The van der Waals surface area contributed by atoms with Crippen LogP contribution in [0.25, 0.3) is 0 Å². The zero-order valence-electron chi connectivity index (χ0n) is 17.6. The van der Waals surface area contributed by atoms with Crippen molar-refractivity contribution in [2.45, 2.75) is 57.9 Å². The number of aromatic nitrogens is 1. The van der Waals surface area contributed by atoms with Crippen molar-refractivity contribution in [1.82, 2.24) is 0 Å². The first-order valence-electron chi connectivity index (χ1n) is 11.1. The van der Waals surface area contributed by atoms with Gasteiger partial charge in [0.15, 0.2) is 17.9 Å². The summed E-state index contributed by atoms with van der Waals surface area (Å²) in [6.45, 7) is 9.05. The Labute approximate surface area is 188 Å². The number of halogens is 1. The van der Waals surface area contributed by atoms with Crippen LogP contribution in [0.2, 0.25) is 0 Å². The third-order valence-corrected chi connectivity index (χ3v) is 7.15. The number of hydrogen-bond donors (Lipinski definition) is 0. The second-order valence-corrected chi connectivity index (χ2v) is 8.99. The Morgan fingerprint density at radius 2 is 1.36 bits per heavy atom. The highest BCUT2D eigenvalue weighted by Gasteiger charge is 2.56. The van der Waals surface area contributed by atoms with Gasteiger partial charge in [-0.3, -0.25) is 0 Å². The fourth-order valence-electron chi connectivity index (χ4n) is 6.33. The maximum Gasteiger partial charge on any atom is 0.171 e. The highest BCUT2D eigenvalue weighted by atomic mass is 127. The van der Waals surface area contributed by atoms with E-state index in [2.05, 4.69) is 47.8 Å². The summed E-state index contributed by atoms with van der Waals surface area (Å²) >= 11 is 0. The Balaban J connectivity index is 0.00000225. The van der Waals surface area contributed by atoms with E-state index in [4.69, 9.17) is 9.47 Å². The van der Waals surface area contributed by atoms with Crippen LogP contribution in [0.1, 0.15) is 52.4 Å². The summed E-state index contributed by atoms with van der Waals surface area (Å²) in [5.74, 6) is 2.95. The first-order valence-corrected chi connectivity index (χ1v) is 11.1. The minimum absolute atomic E-state index is 0. The largest absolute Gasteiger partial charge is 1.00 e. The third kappa shape index (κ3) is 4.84. The van der Waals surface area contributed by atoms with Gasteiger partial charge in [0, 0.05) is 63.4 Å². The lowest BCUT2D eigenvalue weighted by atomic mass is 9.53. The van der Waals surface area contributed by atoms with E-state index in [1.165, 1.54) is 44.2 Å². The molecule has 0 aliphatic heterocycles. The van der Waals surface area contributed by atoms with Crippen LogP contribution in [-0.4, -0.2) is 39.5 Å². The topological polar surface area (TPSA) is 25.6 Å². The van der Waals surface area contributed by atoms with Crippen molar-refractivity contribution in [3.63, 3.8) is 0 Å². The van der Waals surface area contributed by atoms with Crippen LogP contribution in [-0.2, 0) is 15.0 Å². The van der Waals surface area contributed by atoms with Gasteiger partial charge in [-0.15, -0.1) is 0 Å². The molecule has 4 saturated carbocycles. The SMILES string of the molecule is CCOCCN(CCOCC)c1cc[n+](C23CC4CC(CC(C4)C2)C3)cc1.[I-]. The molecule has 5 heteroatoms. The Hall–Kier alpha value is -0.400. The normalized spacial score (nSPS) is 30.3. The first kappa shape index (κ1) is 22.3. The van der Waals surface area contributed by atoms with Crippen LogP contribution in [0.4, 0.5) is 5.69 Å². The molecule has 4 aliphatic carbocycles. The van der Waals surface area contributed by atoms with Gasteiger partial charge in [-0.2, -0.15) is 4.57 Å². The highest BCUT2D eigenvalue weighted by molar-refractivity contribution is 5.43. The van der Waals surface area contributed by atoms with Crippen molar-refractivity contribution in [3.05, 3.63) is 24.5 Å². The van der Waals surface area contributed by atoms with Gasteiger partial charge < -0.3 is 38.4 Å². The monoisotopic (exact) mass is 500 g/mol. The molecule has 0 spiro atoms. The Morgan fingerprint density at radius 1 is 0.893 bits per heavy atom. The van der Waals surface area contributed by atoms with E-state index in [1.54, 1.807) is 0 Å². The highest BCUT2D eigenvalue weighted by Crippen LogP contribution is 2.56. The van der Waals surface area contributed by atoms with Gasteiger partial charge in [0.05, 0.1) is 13.2 Å². The van der Waals surface area contributed by atoms with Gasteiger partial charge >= 0.3 is 0 Å². The van der Waals surface area contributed by atoms with Crippen LogP contribution in [0.15, 0.2) is 24.5 Å². The predicted molar refractivity (Wildman–Crippen MR) is 108 cm³/mol. The molecule has 1 heterocycles. The quantitative estimate of drug-likeness (QED) is 0.270. The number of hydrogen-bond acceptors (Lipinski definition) is 3. The van der Waals surface area contributed by atoms with Crippen LogP contribution in [0, 0.1) is 17.8 Å². The summed E-state index contributed by atoms with van der Waals surface area (Å²) in [6, 6.07) is 4.63. The van der Waals surface area contributed by atoms with Crippen molar-refractivity contribution < 1.29 is 38.0 Å². The molecule has 4 fully saturated rings. The minimum Gasteiger partial charge on any atom is -1.00 e. The molecule has 4 nitrogen and oxygen atoms in total. The molecule has 0 saturated heterocycles. The Morgan fingerprint density at radius 3 is 1.79 bits per heavy atom. The zero-order valence-corrected chi connectivity index (χ0v) is 19.8. The van der Waals surface area contributed by atoms with Crippen molar-refractivity contribution in [2.24, 2.45) is 17.8 Å². The summed E-state index contributed by atoms with van der Waals surface area (Å²) in [5, 5.41) is 0. The molecule has 0 atom stereocenters. The maximum absolute atomic E-state index is 5.59. The van der Waals surface area contributed by atoms with Crippen LogP contribution in [0.5, 0.6) is 0 Å². The lowest BCUT2D eigenvalue weighted by molar-refractivity contribution is -0.776. The minimum atomic E-state index is 0. The smallest absolute Gasteiger partial charge is 0.171 e. The van der Waals surface area contributed by atoms with Crippen molar-refractivity contribution >= 4 is 5.69 Å². The third-order valence-electron chi connectivity index (χ3n) is 7.15. The molecule has 28 heavy (non-hydrogen) atoms. The zero-order chi connectivity index (χ0) is 18.7. The molecule has 0 aromatic carbocycles. The molecule has 0 N–H and O–H groups in total. The summed E-state index contributed by atoms with van der Waals surface area (Å²) in [5.41, 5.74) is 1.70. The average Bonchev–Trinajstić information content (AvgIpc) is 2.66. The number of rotatable bonds is 10. The lowest BCUT2D eigenvalue weighted by Crippen LogP contribution is -3.00. The summed E-state index contributed by atoms with van der Waals surface area (Å²) in [6.07, 6.45) is 13.4. The molecule has 0 amide bonds.